The van der Waals surface area contributed by atoms with E-state index in [1.165, 1.54) is 25.7 Å². The first-order chi connectivity index (χ1) is 21.2. The summed E-state index contributed by atoms with van der Waals surface area (Å²) < 4.78 is 16.6. The van der Waals surface area contributed by atoms with Crippen molar-refractivity contribution in [1.82, 2.24) is 0 Å². The highest BCUT2D eigenvalue weighted by atomic mass is 16.6. The van der Waals surface area contributed by atoms with Crippen LogP contribution in [-0.2, 0) is 38.2 Å². The zero-order chi connectivity index (χ0) is 32.8. The first kappa shape index (κ1) is 41.4. The summed E-state index contributed by atoms with van der Waals surface area (Å²) in [6.45, 7) is 4.81. The highest BCUT2D eigenvalue weighted by Gasteiger charge is 2.28. The van der Waals surface area contributed by atoms with Gasteiger partial charge in [-0.25, -0.2) is 0 Å². The summed E-state index contributed by atoms with van der Waals surface area (Å²) in [6.07, 6.45) is 15.6. The predicted octanol–water partition coefficient (Wildman–Crippen LogP) is 7.92. The van der Waals surface area contributed by atoms with Gasteiger partial charge in [0.2, 0.25) is 0 Å². The molecule has 0 amide bonds. The maximum Gasteiger partial charge on any atom is 0.306 e. The van der Waals surface area contributed by atoms with Crippen molar-refractivity contribution in [3.8, 4) is 0 Å². The van der Waals surface area contributed by atoms with Crippen molar-refractivity contribution < 1.29 is 48.4 Å². The maximum absolute atomic E-state index is 12.5. The SMILES string of the molecule is CCCCCCCCOC(=O)CCCCCCCC(OC(=O)CCC(=O)O)C(CCCCCCCC)OC(=O)CCC(=O)O. The molecule has 44 heavy (non-hydrogen) atoms. The molecule has 2 unspecified atom stereocenters. The Labute approximate surface area is 265 Å². The molecule has 256 valence electrons. The van der Waals surface area contributed by atoms with Gasteiger partial charge in [-0.1, -0.05) is 97.3 Å². The number of esters is 3. The summed E-state index contributed by atoms with van der Waals surface area (Å²) >= 11 is 0. The third kappa shape index (κ3) is 26.9. The molecular formula is C34H60O10. The summed E-state index contributed by atoms with van der Waals surface area (Å²) in [5, 5.41) is 17.9. The fourth-order valence-corrected chi connectivity index (χ4v) is 4.93. The molecule has 0 radical (unpaired) electrons. The Morgan fingerprint density at radius 3 is 1.27 bits per heavy atom. The molecule has 0 aliphatic heterocycles. The standard InChI is InChI=1S/C34H60O10/c1-3-5-7-9-12-16-20-28(43-33(40)25-23-30(35)36)29(44-34(41)26-24-31(37)38)21-17-13-11-14-18-22-32(39)42-27-19-15-10-8-6-4-2/h28-29H,3-27H2,1-2H3,(H,35,36)(H,37,38). The Morgan fingerprint density at radius 1 is 0.455 bits per heavy atom. The number of rotatable bonds is 31. The molecule has 0 aromatic rings. The number of unbranched alkanes of at least 4 members (excludes halogenated alkanes) is 14. The van der Waals surface area contributed by atoms with E-state index in [1.807, 2.05) is 0 Å². The quantitative estimate of drug-likeness (QED) is 0.0439. The van der Waals surface area contributed by atoms with Gasteiger partial charge in [0.25, 0.3) is 0 Å². The van der Waals surface area contributed by atoms with Gasteiger partial charge in [-0.2, -0.15) is 0 Å². The summed E-state index contributed by atoms with van der Waals surface area (Å²) in [5.41, 5.74) is 0. The van der Waals surface area contributed by atoms with Crippen molar-refractivity contribution in [2.45, 2.75) is 180 Å². The van der Waals surface area contributed by atoms with E-state index >= 15 is 0 Å². The van der Waals surface area contributed by atoms with Gasteiger partial charge >= 0.3 is 29.8 Å². The van der Waals surface area contributed by atoms with Crippen molar-refractivity contribution in [3.05, 3.63) is 0 Å². The number of ether oxygens (including phenoxy) is 3. The zero-order valence-corrected chi connectivity index (χ0v) is 27.5. The average Bonchev–Trinajstić information content (AvgIpc) is 2.98. The summed E-state index contributed by atoms with van der Waals surface area (Å²) in [5.74, 6) is -3.68. The maximum atomic E-state index is 12.5. The van der Waals surface area contributed by atoms with Gasteiger partial charge in [-0.3, -0.25) is 24.0 Å². The largest absolute Gasteiger partial charge is 0.481 e. The van der Waals surface area contributed by atoms with Crippen LogP contribution in [0.4, 0.5) is 0 Å². The van der Waals surface area contributed by atoms with Crippen LogP contribution < -0.4 is 0 Å². The normalized spacial score (nSPS) is 12.3. The molecule has 0 aromatic carbocycles. The third-order valence-electron chi connectivity index (χ3n) is 7.54. The van der Waals surface area contributed by atoms with Crippen molar-refractivity contribution in [2.75, 3.05) is 6.61 Å². The van der Waals surface area contributed by atoms with Crippen LogP contribution in [0, 0.1) is 0 Å². The fraction of sp³-hybridized carbons (Fsp3) is 0.853. The number of carbonyl (C=O) groups is 5. The van der Waals surface area contributed by atoms with Crippen LogP contribution in [-0.4, -0.2) is 58.9 Å². The van der Waals surface area contributed by atoms with Crippen molar-refractivity contribution in [3.63, 3.8) is 0 Å². The highest BCUT2D eigenvalue weighted by Crippen LogP contribution is 2.22. The summed E-state index contributed by atoms with van der Waals surface area (Å²) in [6, 6.07) is 0. The van der Waals surface area contributed by atoms with E-state index in [9.17, 15) is 24.0 Å². The highest BCUT2D eigenvalue weighted by molar-refractivity contribution is 5.77. The Kier molecular flexibility index (Phi) is 27.3. The molecule has 0 rings (SSSR count). The second-order valence-corrected chi connectivity index (χ2v) is 11.7. The lowest BCUT2D eigenvalue weighted by Crippen LogP contribution is -2.35. The van der Waals surface area contributed by atoms with Gasteiger partial charge in [0.15, 0.2) is 0 Å². The molecule has 0 aliphatic carbocycles. The summed E-state index contributed by atoms with van der Waals surface area (Å²) in [7, 11) is 0. The zero-order valence-electron chi connectivity index (χ0n) is 27.5. The minimum atomic E-state index is -1.10. The molecule has 0 spiro atoms. The minimum absolute atomic E-state index is 0.158. The molecular weight excluding hydrogens is 568 g/mol. The van der Waals surface area contributed by atoms with E-state index < -0.39 is 36.1 Å². The first-order valence-electron chi connectivity index (χ1n) is 17.2. The van der Waals surface area contributed by atoms with Crippen molar-refractivity contribution in [2.24, 2.45) is 0 Å². The van der Waals surface area contributed by atoms with Crippen molar-refractivity contribution >= 4 is 29.8 Å². The van der Waals surface area contributed by atoms with Crippen LogP contribution in [0.25, 0.3) is 0 Å². The molecule has 0 saturated carbocycles. The fourth-order valence-electron chi connectivity index (χ4n) is 4.93. The van der Waals surface area contributed by atoms with E-state index in [2.05, 4.69) is 13.8 Å². The Balaban J connectivity index is 4.82. The smallest absolute Gasteiger partial charge is 0.306 e. The van der Waals surface area contributed by atoms with Crippen molar-refractivity contribution in [1.29, 1.82) is 0 Å². The van der Waals surface area contributed by atoms with Gasteiger partial charge in [0.1, 0.15) is 12.2 Å². The molecule has 0 bridgehead atoms. The Morgan fingerprint density at radius 2 is 0.841 bits per heavy atom. The lowest BCUT2D eigenvalue weighted by Gasteiger charge is -2.27. The van der Waals surface area contributed by atoms with Crippen LogP contribution in [0.2, 0.25) is 0 Å². The molecule has 0 aliphatic rings. The van der Waals surface area contributed by atoms with E-state index in [4.69, 9.17) is 24.4 Å². The molecule has 0 aromatic heterocycles. The average molecular weight is 629 g/mol. The monoisotopic (exact) mass is 628 g/mol. The molecule has 10 heteroatoms. The van der Waals surface area contributed by atoms with Crippen LogP contribution in [0.3, 0.4) is 0 Å². The lowest BCUT2D eigenvalue weighted by molar-refractivity contribution is -0.170. The van der Waals surface area contributed by atoms with Gasteiger partial charge in [-0.15, -0.1) is 0 Å². The van der Waals surface area contributed by atoms with E-state index in [-0.39, 0.29) is 31.7 Å². The van der Waals surface area contributed by atoms with Gasteiger partial charge in [0, 0.05) is 6.42 Å². The van der Waals surface area contributed by atoms with Crippen LogP contribution in [0.1, 0.15) is 168 Å². The molecule has 0 heterocycles. The van der Waals surface area contributed by atoms with Crippen LogP contribution in [0.5, 0.6) is 0 Å². The number of hydrogen-bond donors (Lipinski definition) is 2. The second-order valence-electron chi connectivity index (χ2n) is 11.7. The number of carboxylic acid groups (broad SMARTS) is 2. The summed E-state index contributed by atoms with van der Waals surface area (Å²) in [4.78, 5) is 58.7. The van der Waals surface area contributed by atoms with Crippen LogP contribution >= 0.6 is 0 Å². The lowest BCUT2D eigenvalue weighted by atomic mass is 9.99. The minimum Gasteiger partial charge on any atom is -0.481 e. The van der Waals surface area contributed by atoms with Gasteiger partial charge in [0.05, 0.1) is 32.3 Å². The third-order valence-corrected chi connectivity index (χ3v) is 7.54. The topological polar surface area (TPSA) is 154 Å². The van der Waals surface area contributed by atoms with E-state index in [1.54, 1.807) is 0 Å². The number of carboxylic acids is 2. The number of hydrogen-bond acceptors (Lipinski definition) is 8. The number of carbonyl (C=O) groups excluding carboxylic acids is 3. The second kappa shape index (κ2) is 29.1. The number of aliphatic carboxylic acids is 2. The van der Waals surface area contributed by atoms with Gasteiger partial charge in [-0.05, 0) is 38.5 Å². The predicted molar refractivity (Wildman–Crippen MR) is 168 cm³/mol. The molecule has 2 N–H and O–H groups in total. The Hall–Kier alpha value is -2.65. The van der Waals surface area contributed by atoms with Crippen LogP contribution in [0.15, 0.2) is 0 Å². The van der Waals surface area contributed by atoms with E-state index in [0.29, 0.717) is 32.3 Å². The molecule has 2 atom stereocenters. The Bertz CT molecular complexity index is 782. The molecule has 0 fully saturated rings. The van der Waals surface area contributed by atoms with Gasteiger partial charge < -0.3 is 24.4 Å². The molecule has 10 nitrogen and oxygen atoms in total. The first-order valence-corrected chi connectivity index (χ1v) is 17.2. The van der Waals surface area contributed by atoms with E-state index in [0.717, 1.165) is 77.0 Å². The molecule has 0 saturated heterocycles.